The number of rotatable bonds is 2. The van der Waals surface area contributed by atoms with Crippen LogP contribution in [0.25, 0.3) is 10.2 Å². The summed E-state index contributed by atoms with van der Waals surface area (Å²) in [6.07, 6.45) is 1.24. The number of nitrogen functional groups attached to an aromatic ring is 1. The van der Waals surface area contributed by atoms with Gasteiger partial charge in [-0.3, -0.25) is 0 Å². The van der Waals surface area contributed by atoms with Gasteiger partial charge in [-0.15, -0.1) is 0 Å². The van der Waals surface area contributed by atoms with Crippen LogP contribution in [0.3, 0.4) is 0 Å². The monoisotopic (exact) mass is 251 g/mol. The summed E-state index contributed by atoms with van der Waals surface area (Å²) in [5.74, 6) is 2.45. The van der Waals surface area contributed by atoms with E-state index in [1.807, 2.05) is 30.0 Å². The third-order valence-electron chi connectivity index (χ3n) is 2.67. The van der Waals surface area contributed by atoms with Crippen molar-refractivity contribution in [2.24, 2.45) is 0 Å². The third-order valence-corrected chi connectivity index (χ3v) is 4.78. The number of nitrogens with one attached hydrogen (secondary N) is 1. The average molecular weight is 251 g/mol. The minimum absolute atomic E-state index is 0.586. The van der Waals surface area contributed by atoms with E-state index in [1.165, 1.54) is 17.9 Å². The lowest BCUT2D eigenvalue weighted by Crippen LogP contribution is -2.17. The molecule has 1 aromatic carbocycles. The van der Waals surface area contributed by atoms with Crippen molar-refractivity contribution in [2.45, 2.75) is 12.5 Å². The molecule has 0 bridgehead atoms. The number of hydrogen-bond donors (Lipinski definition) is 2. The fourth-order valence-corrected chi connectivity index (χ4v) is 3.97. The molecule has 16 heavy (non-hydrogen) atoms. The van der Waals surface area contributed by atoms with Crippen LogP contribution in [0.15, 0.2) is 18.2 Å². The molecular formula is C11H13N3S2. The molecule has 0 radical (unpaired) electrons. The molecule has 3 nitrogen and oxygen atoms in total. The summed E-state index contributed by atoms with van der Waals surface area (Å²) < 4.78 is 1.16. The molecular weight excluding hydrogens is 238 g/mol. The first-order valence-corrected chi connectivity index (χ1v) is 7.29. The summed E-state index contributed by atoms with van der Waals surface area (Å²) in [5.41, 5.74) is 7.59. The summed E-state index contributed by atoms with van der Waals surface area (Å²) in [5, 5.41) is 4.52. The molecule has 1 fully saturated rings. The Morgan fingerprint density at radius 1 is 1.44 bits per heavy atom. The number of fused-ring (bicyclic) bond motifs is 1. The van der Waals surface area contributed by atoms with Crippen molar-refractivity contribution in [1.29, 1.82) is 0 Å². The topological polar surface area (TPSA) is 50.9 Å². The van der Waals surface area contributed by atoms with Crippen molar-refractivity contribution < 1.29 is 0 Å². The molecule has 1 unspecified atom stereocenters. The Morgan fingerprint density at radius 2 is 2.38 bits per heavy atom. The zero-order valence-corrected chi connectivity index (χ0v) is 10.4. The van der Waals surface area contributed by atoms with Gasteiger partial charge in [-0.1, -0.05) is 11.3 Å². The average Bonchev–Trinajstić information content (AvgIpc) is 2.86. The van der Waals surface area contributed by atoms with Gasteiger partial charge in [-0.25, -0.2) is 4.98 Å². The van der Waals surface area contributed by atoms with Crippen molar-refractivity contribution in [2.75, 3.05) is 22.6 Å². The fraction of sp³-hybridized carbons (Fsp3) is 0.364. The van der Waals surface area contributed by atoms with Crippen molar-refractivity contribution >= 4 is 44.1 Å². The Balaban J connectivity index is 1.86. The number of nitrogens with two attached hydrogens (primary N) is 1. The maximum atomic E-state index is 5.75. The van der Waals surface area contributed by atoms with Gasteiger partial charge >= 0.3 is 0 Å². The Hall–Kier alpha value is -0.940. The zero-order valence-electron chi connectivity index (χ0n) is 8.77. The van der Waals surface area contributed by atoms with Crippen LogP contribution in [-0.4, -0.2) is 22.5 Å². The maximum absolute atomic E-state index is 5.75. The highest BCUT2D eigenvalue weighted by Gasteiger charge is 2.16. The Morgan fingerprint density at radius 3 is 3.19 bits per heavy atom. The number of anilines is 2. The van der Waals surface area contributed by atoms with Crippen LogP contribution in [0.4, 0.5) is 10.8 Å². The van der Waals surface area contributed by atoms with Crippen molar-refractivity contribution in [3.05, 3.63) is 18.2 Å². The van der Waals surface area contributed by atoms with Crippen molar-refractivity contribution in [3.8, 4) is 0 Å². The van der Waals surface area contributed by atoms with Crippen molar-refractivity contribution in [1.82, 2.24) is 4.98 Å². The van der Waals surface area contributed by atoms with Gasteiger partial charge in [0.05, 0.1) is 10.2 Å². The van der Waals surface area contributed by atoms with Gasteiger partial charge in [0.2, 0.25) is 0 Å². The van der Waals surface area contributed by atoms with E-state index in [4.69, 9.17) is 5.73 Å². The highest BCUT2D eigenvalue weighted by Crippen LogP contribution is 2.29. The molecule has 0 spiro atoms. The SMILES string of the molecule is Nc1ccc2nc(NC3CCSC3)sc2c1. The number of nitrogens with zero attached hydrogens (tertiary/aromatic N) is 1. The normalized spacial score (nSPS) is 20.4. The first kappa shape index (κ1) is 10.2. The van der Waals surface area contributed by atoms with Crippen LogP contribution in [-0.2, 0) is 0 Å². The van der Waals surface area contributed by atoms with E-state index >= 15 is 0 Å². The standard InChI is InChI=1S/C11H13N3S2/c12-7-1-2-9-10(5-7)16-11(14-9)13-8-3-4-15-6-8/h1-2,5,8H,3-4,6,12H2,(H,13,14). The van der Waals surface area contributed by atoms with E-state index in [0.29, 0.717) is 6.04 Å². The highest BCUT2D eigenvalue weighted by molar-refractivity contribution is 7.99. The van der Waals surface area contributed by atoms with E-state index in [1.54, 1.807) is 11.3 Å². The second kappa shape index (κ2) is 4.14. The Kier molecular flexibility index (Phi) is 2.65. The second-order valence-electron chi connectivity index (χ2n) is 3.95. The number of thioether (sulfide) groups is 1. The molecule has 2 aromatic rings. The van der Waals surface area contributed by atoms with Gasteiger partial charge in [0.25, 0.3) is 0 Å². The highest BCUT2D eigenvalue weighted by atomic mass is 32.2. The van der Waals surface area contributed by atoms with Gasteiger partial charge in [-0.2, -0.15) is 11.8 Å². The lowest BCUT2D eigenvalue weighted by atomic mass is 10.3. The number of hydrogen-bond acceptors (Lipinski definition) is 5. The zero-order chi connectivity index (χ0) is 11.0. The van der Waals surface area contributed by atoms with E-state index in [0.717, 1.165) is 21.0 Å². The fourth-order valence-electron chi connectivity index (χ4n) is 1.83. The molecule has 1 saturated heterocycles. The summed E-state index contributed by atoms with van der Waals surface area (Å²) in [6, 6.07) is 6.46. The van der Waals surface area contributed by atoms with Gasteiger partial charge in [0.1, 0.15) is 0 Å². The van der Waals surface area contributed by atoms with Gasteiger partial charge in [0, 0.05) is 17.5 Å². The van der Waals surface area contributed by atoms with Crippen LogP contribution in [0.2, 0.25) is 0 Å². The molecule has 1 aliphatic rings. The third kappa shape index (κ3) is 1.97. The molecule has 1 aromatic heterocycles. The summed E-state index contributed by atoms with van der Waals surface area (Å²) >= 11 is 3.69. The summed E-state index contributed by atoms with van der Waals surface area (Å²) in [7, 11) is 0. The maximum Gasteiger partial charge on any atom is 0.184 e. The first-order valence-electron chi connectivity index (χ1n) is 5.31. The molecule has 1 atom stereocenters. The van der Waals surface area contributed by atoms with Gasteiger partial charge < -0.3 is 11.1 Å². The molecule has 84 valence electrons. The number of aromatic nitrogens is 1. The molecule has 5 heteroatoms. The van der Waals surface area contributed by atoms with Crippen LogP contribution < -0.4 is 11.1 Å². The van der Waals surface area contributed by atoms with E-state index in [-0.39, 0.29) is 0 Å². The summed E-state index contributed by atoms with van der Waals surface area (Å²) in [4.78, 5) is 4.56. The molecule has 0 saturated carbocycles. The van der Waals surface area contributed by atoms with Gasteiger partial charge in [-0.05, 0) is 30.4 Å². The quantitative estimate of drug-likeness (QED) is 0.806. The molecule has 0 aliphatic carbocycles. The van der Waals surface area contributed by atoms with Crippen LogP contribution in [0, 0.1) is 0 Å². The van der Waals surface area contributed by atoms with E-state index in [9.17, 15) is 0 Å². The van der Waals surface area contributed by atoms with Crippen LogP contribution in [0.5, 0.6) is 0 Å². The van der Waals surface area contributed by atoms with E-state index in [2.05, 4.69) is 10.3 Å². The molecule has 0 amide bonds. The largest absolute Gasteiger partial charge is 0.399 e. The lowest BCUT2D eigenvalue weighted by molar-refractivity contribution is 0.812. The van der Waals surface area contributed by atoms with Crippen molar-refractivity contribution in [3.63, 3.8) is 0 Å². The van der Waals surface area contributed by atoms with E-state index < -0.39 is 0 Å². The molecule has 3 rings (SSSR count). The molecule has 1 aliphatic heterocycles. The Labute approximate surface area is 102 Å². The van der Waals surface area contributed by atoms with Crippen LogP contribution >= 0.6 is 23.1 Å². The second-order valence-corrected chi connectivity index (χ2v) is 6.13. The van der Waals surface area contributed by atoms with Gasteiger partial charge in [0.15, 0.2) is 5.13 Å². The minimum atomic E-state index is 0.586. The minimum Gasteiger partial charge on any atom is -0.399 e. The predicted octanol–water partition coefficient (Wildman–Crippen LogP) is 2.80. The smallest absolute Gasteiger partial charge is 0.184 e. The van der Waals surface area contributed by atoms with Crippen LogP contribution in [0.1, 0.15) is 6.42 Å². The predicted molar refractivity (Wildman–Crippen MR) is 73.4 cm³/mol. The lowest BCUT2D eigenvalue weighted by Gasteiger charge is -2.08. The number of benzene rings is 1. The Bertz CT molecular complexity index is 503. The molecule has 3 N–H and O–H groups in total. The number of thiazole rings is 1. The summed E-state index contributed by atoms with van der Waals surface area (Å²) in [6.45, 7) is 0. The first-order chi connectivity index (χ1) is 7.81. The molecule has 2 heterocycles.